The maximum atomic E-state index is 15.2. The fourth-order valence-corrected chi connectivity index (χ4v) is 6.99. The van der Waals surface area contributed by atoms with E-state index in [2.05, 4.69) is 19.9 Å². The zero-order valence-corrected chi connectivity index (χ0v) is 23.4. The van der Waals surface area contributed by atoms with Gasteiger partial charge in [-0.3, -0.25) is 9.36 Å². The Balaban J connectivity index is 1.17. The van der Waals surface area contributed by atoms with E-state index in [0.717, 1.165) is 38.4 Å². The third-order valence-corrected chi connectivity index (χ3v) is 9.98. The van der Waals surface area contributed by atoms with Crippen LogP contribution >= 0.6 is 23.4 Å². The summed E-state index contributed by atoms with van der Waals surface area (Å²) in [4.78, 5) is 29.8. The normalized spacial score (nSPS) is 24.5. The Morgan fingerprint density at radius 3 is 2.59 bits per heavy atom. The van der Waals surface area contributed by atoms with E-state index in [-0.39, 0.29) is 52.9 Å². The molecular weight excluding hydrogens is 543 g/mol. The Morgan fingerprint density at radius 1 is 1.15 bits per heavy atom. The Bertz CT molecular complexity index is 1410. The summed E-state index contributed by atoms with van der Waals surface area (Å²) >= 11 is 8.04. The molecule has 3 aliphatic heterocycles. The topological polar surface area (TPSA) is 108 Å². The average Bonchev–Trinajstić information content (AvgIpc) is 3.21. The predicted molar refractivity (Wildman–Crippen MR) is 148 cm³/mol. The number of fused-ring (bicyclic) bond motifs is 1. The molecule has 3 saturated heterocycles. The fourth-order valence-electron chi connectivity index (χ4n) is 5.87. The van der Waals surface area contributed by atoms with Crippen molar-refractivity contribution in [1.29, 1.82) is 0 Å². The monoisotopic (exact) mass is 574 g/mol. The van der Waals surface area contributed by atoms with E-state index in [1.54, 1.807) is 18.5 Å². The zero-order chi connectivity index (χ0) is 27.2. The smallest absolute Gasteiger partial charge is 0.262 e. The van der Waals surface area contributed by atoms with Crippen molar-refractivity contribution in [2.45, 2.75) is 66.9 Å². The van der Waals surface area contributed by atoms with Gasteiger partial charge in [0.05, 0.1) is 53.9 Å². The number of hydrogen-bond donors (Lipinski definition) is 1. The molecule has 6 rings (SSSR count). The largest absolute Gasteiger partial charge is 0.381 e. The molecule has 1 aromatic carbocycles. The lowest BCUT2D eigenvalue weighted by Gasteiger charge is -2.41. The third kappa shape index (κ3) is 5.15. The summed E-state index contributed by atoms with van der Waals surface area (Å²) in [5, 5.41) is 1.21. The zero-order valence-electron chi connectivity index (χ0n) is 21.8. The number of rotatable bonds is 5. The van der Waals surface area contributed by atoms with Crippen LogP contribution in [0.1, 0.15) is 32.6 Å². The molecule has 208 valence electrons. The minimum absolute atomic E-state index is 0.0506. The summed E-state index contributed by atoms with van der Waals surface area (Å²) in [5.74, 6) is 0.819. The van der Waals surface area contributed by atoms with Gasteiger partial charge in [-0.2, -0.15) is 0 Å². The minimum atomic E-state index is -1.50. The van der Waals surface area contributed by atoms with Crippen LogP contribution in [-0.4, -0.2) is 70.2 Å². The molecule has 3 aliphatic rings. The van der Waals surface area contributed by atoms with Crippen LogP contribution in [0.5, 0.6) is 0 Å². The second-order valence-electron chi connectivity index (χ2n) is 10.9. The fraction of sp³-hybridized carbons (Fsp3) is 0.556. The lowest BCUT2D eigenvalue weighted by atomic mass is 9.73. The second kappa shape index (κ2) is 10.6. The number of benzene rings is 1. The number of anilines is 1. The summed E-state index contributed by atoms with van der Waals surface area (Å²) in [6.45, 7) is 5.09. The van der Waals surface area contributed by atoms with Crippen molar-refractivity contribution < 1.29 is 13.9 Å². The van der Waals surface area contributed by atoms with Gasteiger partial charge in [0.1, 0.15) is 16.5 Å². The van der Waals surface area contributed by atoms with Crippen LogP contribution in [0.4, 0.5) is 10.2 Å². The molecule has 5 heterocycles. The molecular formula is C27H32ClFN6O3S. The molecule has 0 amide bonds. The first kappa shape index (κ1) is 26.9. The van der Waals surface area contributed by atoms with Crippen LogP contribution < -0.4 is 16.2 Å². The Morgan fingerprint density at radius 2 is 1.92 bits per heavy atom. The van der Waals surface area contributed by atoms with Crippen molar-refractivity contribution in [3.05, 3.63) is 46.2 Å². The van der Waals surface area contributed by atoms with Gasteiger partial charge in [0.2, 0.25) is 0 Å². The van der Waals surface area contributed by atoms with Crippen LogP contribution in [0.2, 0.25) is 5.02 Å². The average molecular weight is 575 g/mol. The number of ether oxygens (including phenoxy) is 2. The van der Waals surface area contributed by atoms with Crippen LogP contribution in [-0.2, 0) is 16.0 Å². The van der Waals surface area contributed by atoms with E-state index in [4.69, 9.17) is 26.8 Å². The number of alkyl halides is 1. The van der Waals surface area contributed by atoms with Gasteiger partial charge in [-0.1, -0.05) is 23.4 Å². The van der Waals surface area contributed by atoms with E-state index < -0.39 is 5.67 Å². The van der Waals surface area contributed by atoms with Crippen molar-refractivity contribution in [3.63, 3.8) is 0 Å². The van der Waals surface area contributed by atoms with Crippen molar-refractivity contribution in [1.82, 2.24) is 19.5 Å². The molecule has 39 heavy (non-hydrogen) atoms. The number of nitrogens with zero attached hydrogens (tertiary/aromatic N) is 5. The molecule has 3 aromatic rings. The van der Waals surface area contributed by atoms with Gasteiger partial charge in [0.25, 0.3) is 5.56 Å². The first-order valence-corrected chi connectivity index (χ1v) is 14.5. The standard InChI is InChI=1S/C27H32ClFN6O3S/c1-17-24(30)26(15-38-17)4-8-34(9-5-26)20-12-32-21(13-31-20)39-19-3-2-18-22(23(19)28)25(36)35(16-33-18)14-27(29)6-10-37-11-7-27/h2-3,12-13,16-17,24H,4-11,14-15,30H2,1H3/t17-,24+/m0/s1. The molecule has 1 spiro atoms. The highest BCUT2D eigenvalue weighted by Crippen LogP contribution is 2.42. The molecule has 0 bridgehead atoms. The summed E-state index contributed by atoms with van der Waals surface area (Å²) in [7, 11) is 0. The molecule has 0 radical (unpaired) electrons. The first-order valence-electron chi connectivity index (χ1n) is 13.3. The molecule has 0 saturated carbocycles. The minimum Gasteiger partial charge on any atom is -0.381 e. The van der Waals surface area contributed by atoms with Gasteiger partial charge < -0.3 is 20.1 Å². The van der Waals surface area contributed by atoms with Gasteiger partial charge >= 0.3 is 0 Å². The van der Waals surface area contributed by atoms with E-state index in [9.17, 15) is 4.79 Å². The lowest BCUT2D eigenvalue weighted by molar-refractivity contribution is -0.0182. The summed E-state index contributed by atoms with van der Waals surface area (Å²) in [6.07, 6.45) is 7.40. The SMILES string of the molecule is C[C@@H]1OCC2(CCN(c3cnc(Sc4ccc5ncn(CC6(F)CCOCC6)c(=O)c5c4Cl)cn3)CC2)[C@@H]1N. The van der Waals surface area contributed by atoms with Crippen LogP contribution in [0.3, 0.4) is 0 Å². The molecule has 0 aliphatic carbocycles. The predicted octanol–water partition coefficient (Wildman–Crippen LogP) is 3.84. The number of nitrogens with two attached hydrogens (primary N) is 1. The van der Waals surface area contributed by atoms with Crippen molar-refractivity contribution in [3.8, 4) is 0 Å². The quantitative estimate of drug-likeness (QED) is 0.486. The van der Waals surface area contributed by atoms with E-state index in [1.165, 1.54) is 22.7 Å². The Hall–Kier alpha value is -2.31. The molecule has 2 atom stereocenters. The number of aromatic nitrogens is 4. The van der Waals surface area contributed by atoms with E-state index in [0.29, 0.717) is 28.7 Å². The molecule has 12 heteroatoms. The van der Waals surface area contributed by atoms with E-state index in [1.807, 2.05) is 13.0 Å². The molecule has 9 nitrogen and oxygen atoms in total. The van der Waals surface area contributed by atoms with E-state index >= 15 is 4.39 Å². The summed E-state index contributed by atoms with van der Waals surface area (Å²) in [5.41, 5.74) is 5.10. The Kier molecular flexibility index (Phi) is 7.30. The number of halogens is 2. The number of hydrogen-bond acceptors (Lipinski definition) is 9. The maximum absolute atomic E-state index is 15.2. The van der Waals surface area contributed by atoms with Gasteiger partial charge in [0.15, 0.2) is 0 Å². The third-order valence-electron chi connectivity index (χ3n) is 8.50. The summed E-state index contributed by atoms with van der Waals surface area (Å²) in [6, 6.07) is 3.63. The highest BCUT2D eigenvalue weighted by molar-refractivity contribution is 7.99. The highest BCUT2D eigenvalue weighted by atomic mass is 35.5. The lowest BCUT2D eigenvalue weighted by Crippen LogP contribution is -2.50. The van der Waals surface area contributed by atoms with Crippen molar-refractivity contribution in [2.24, 2.45) is 11.1 Å². The van der Waals surface area contributed by atoms with Crippen LogP contribution in [0.15, 0.2) is 45.6 Å². The van der Waals surface area contributed by atoms with Crippen molar-refractivity contribution >= 4 is 40.1 Å². The van der Waals surface area contributed by atoms with Gasteiger partial charge in [-0.25, -0.2) is 19.3 Å². The second-order valence-corrected chi connectivity index (χ2v) is 12.4. The first-order chi connectivity index (χ1) is 18.8. The Labute approximate surface area is 235 Å². The molecule has 2 aromatic heterocycles. The van der Waals surface area contributed by atoms with Gasteiger partial charge in [-0.15, -0.1) is 0 Å². The summed E-state index contributed by atoms with van der Waals surface area (Å²) < 4.78 is 27.7. The van der Waals surface area contributed by atoms with Gasteiger partial charge in [0, 0.05) is 55.5 Å². The van der Waals surface area contributed by atoms with Crippen LogP contribution in [0, 0.1) is 5.41 Å². The highest BCUT2D eigenvalue weighted by Gasteiger charge is 2.47. The molecule has 3 fully saturated rings. The molecule has 2 N–H and O–H groups in total. The molecule has 0 unspecified atom stereocenters. The van der Waals surface area contributed by atoms with Gasteiger partial charge in [-0.05, 0) is 31.9 Å². The maximum Gasteiger partial charge on any atom is 0.262 e. The van der Waals surface area contributed by atoms with Crippen molar-refractivity contribution in [2.75, 3.05) is 37.8 Å². The van der Waals surface area contributed by atoms with Crippen LogP contribution in [0.25, 0.3) is 10.9 Å². The number of piperidine rings is 1.